The number of benzene rings is 2. The molecule has 0 aromatic heterocycles. The topological polar surface area (TPSA) is 101 Å². The summed E-state index contributed by atoms with van der Waals surface area (Å²) in [5.74, 6) is -0.282. The van der Waals surface area contributed by atoms with Crippen molar-refractivity contribution in [2.75, 3.05) is 23.3 Å². The number of hydrogen-bond donors (Lipinski definition) is 1. The largest absolute Gasteiger partial charge is 0.371 e. The van der Waals surface area contributed by atoms with Crippen molar-refractivity contribution in [1.82, 2.24) is 0 Å². The van der Waals surface area contributed by atoms with E-state index < -0.39 is 0 Å². The first kappa shape index (κ1) is 26.4. The lowest BCUT2D eigenvalue weighted by Crippen LogP contribution is -2.24. The number of anilines is 2. The van der Waals surface area contributed by atoms with Crippen LogP contribution in [0.15, 0.2) is 58.9 Å². The average molecular weight is 488 g/mol. The van der Waals surface area contributed by atoms with Crippen molar-refractivity contribution in [2.24, 2.45) is 4.99 Å². The lowest BCUT2D eigenvalue weighted by atomic mass is 10.0. The summed E-state index contributed by atoms with van der Waals surface area (Å²) in [6.07, 6.45) is 1.92. The molecule has 1 aliphatic carbocycles. The van der Waals surface area contributed by atoms with Crippen molar-refractivity contribution < 1.29 is 4.79 Å². The summed E-state index contributed by atoms with van der Waals surface area (Å²) in [4.78, 5) is 25.9. The highest BCUT2D eigenvalue weighted by atomic mass is 16.1. The zero-order chi connectivity index (χ0) is 26.9. The number of nitriles is 2. The molecule has 0 atom stereocenters. The Bertz CT molecular complexity index is 1390. The second kappa shape index (κ2) is 12.0. The molecule has 0 fully saturated rings. The van der Waals surface area contributed by atoms with E-state index in [4.69, 9.17) is 18.1 Å². The first-order chi connectivity index (χ1) is 17.9. The number of allylic oxidation sites excluding steroid dienone is 4. The molecular weight excluding hydrogens is 462 g/mol. The fourth-order valence-electron chi connectivity index (χ4n) is 4.30. The van der Waals surface area contributed by atoms with Crippen molar-refractivity contribution in [3.05, 3.63) is 87.8 Å². The van der Waals surface area contributed by atoms with Crippen LogP contribution in [0.2, 0.25) is 0 Å². The summed E-state index contributed by atoms with van der Waals surface area (Å²) in [5, 5.41) is 22.3. The van der Waals surface area contributed by atoms with Gasteiger partial charge in [-0.25, -0.2) is 25.2 Å². The predicted octanol–water partition coefficient (Wildman–Crippen LogP) is 6.37. The highest BCUT2D eigenvalue weighted by molar-refractivity contribution is 6.51. The monoisotopic (exact) mass is 487 g/mol. The van der Waals surface area contributed by atoms with Crippen molar-refractivity contribution in [1.29, 1.82) is 10.5 Å². The number of fused-ring (bicyclic) bond motifs is 1. The summed E-state index contributed by atoms with van der Waals surface area (Å²) in [6, 6.07) is 16.4. The maximum absolute atomic E-state index is 12.1. The molecule has 0 saturated carbocycles. The van der Waals surface area contributed by atoms with Crippen LogP contribution in [-0.2, 0) is 4.79 Å². The van der Waals surface area contributed by atoms with Gasteiger partial charge >= 0.3 is 0 Å². The van der Waals surface area contributed by atoms with Gasteiger partial charge in [0.2, 0.25) is 5.91 Å². The van der Waals surface area contributed by atoms with E-state index in [0.29, 0.717) is 22.5 Å². The fraction of sp³-hybridized carbons (Fsp3) is 0.241. The normalized spacial score (nSPS) is 14.3. The minimum Gasteiger partial charge on any atom is -0.371 e. The van der Waals surface area contributed by atoms with Crippen LogP contribution in [0.1, 0.15) is 44.7 Å². The van der Waals surface area contributed by atoms with E-state index in [-0.39, 0.29) is 34.2 Å². The van der Waals surface area contributed by atoms with E-state index in [1.807, 2.05) is 24.3 Å². The molecule has 3 rings (SSSR count). The Balaban J connectivity index is 2.37. The molecule has 8 heteroatoms. The number of amides is 1. The standard InChI is InChI=1S/C29H25N7O/c1-6-14-36(15-7-2)20-12-13-23(24(16-20)34-19(3)37)35-29-27(25(17-30)32-4)21-10-8-9-11-22(21)28(29)26(18-31)33-5/h8-13,16H,6-7,14-15H2,1-3H3,(H,34,37)/b27-25-,28-26-. The molecule has 0 heterocycles. The second-order valence-corrected chi connectivity index (χ2v) is 8.27. The van der Waals surface area contributed by atoms with Crippen molar-refractivity contribution in [3.63, 3.8) is 0 Å². The number of hydrogen-bond acceptors (Lipinski definition) is 5. The zero-order valence-corrected chi connectivity index (χ0v) is 21.0. The van der Waals surface area contributed by atoms with Crippen LogP contribution in [0.4, 0.5) is 17.1 Å². The van der Waals surface area contributed by atoms with Crippen LogP contribution in [0, 0.1) is 35.8 Å². The SMILES string of the molecule is [C-]#[N+]/C(C#N)=C1\C(=Nc2ccc(N(CCC)CCC)cc2NC(C)=O)/C(=C(/C#N)[N+]#[C-])c2ccccc21. The van der Waals surface area contributed by atoms with Gasteiger partial charge in [0.05, 0.1) is 42.4 Å². The molecule has 182 valence electrons. The Kier molecular flexibility index (Phi) is 8.56. The third-order valence-corrected chi connectivity index (χ3v) is 5.72. The Morgan fingerprint density at radius 3 is 1.95 bits per heavy atom. The summed E-state index contributed by atoms with van der Waals surface area (Å²) >= 11 is 0. The van der Waals surface area contributed by atoms with Gasteiger partial charge in [-0.15, -0.1) is 0 Å². The van der Waals surface area contributed by atoms with Gasteiger partial charge in [-0.1, -0.05) is 38.1 Å². The molecule has 37 heavy (non-hydrogen) atoms. The van der Waals surface area contributed by atoms with Crippen molar-refractivity contribution >= 4 is 39.8 Å². The Labute approximate surface area is 217 Å². The third kappa shape index (κ3) is 5.40. The van der Waals surface area contributed by atoms with Gasteiger partial charge in [-0.2, -0.15) is 0 Å². The van der Waals surface area contributed by atoms with Gasteiger partial charge in [0.15, 0.2) is 0 Å². The van der Waals surface area contributed by atoms with Gasteiger partial charge in [-0.05, 0) is 42.2 Å². The minimum absolute atomic E-state index is 0.180. The Morgan fingerprint density at radius 2 is 1.51 bits per heavy atom. The van der Waals surface area contributed by atoms with Gasteiger partial charge < -0.3 is 10.2 Å². The maximum atomic E-state index is 12.1. The van der Waals surface area contributed by atoms with Crippen LogP contribution in [0.5, 0.6) is 0 Å². The van der Waals surface area contributed by atoms with Crippen molar-refractivity contribution in [3.8, 4) is 12.1 Å². The van der Waals surface area contributed by atoms with Gasteiger partial charge in [0.25, 0.3) is 11.4 Å². The zero-order valence-electron chi connectivity index (χ0n) is 21.0. The van der Waals surface area contributed by atoms with E-state index in [0.717, 1.165) is 31.6 Å². The van der Waals surface area contributed by atoms with E-state index in [1.165, 1.54) is 6.92 Å². The summed E-state index contributed by atoms with van der Waals surface area (Å²) < 4.78 is 0. The molecule has 0 unspecified atom stereocenters. The lowest BCUT2D eigenvalue weighted by Gasteiger charge is -2.25. The number of aliphatic imine (C=N–C) groups is 1. The number of nitrogens with one attached hydrogen (secondary N) is 1. The molecule has 8 nitrogen and oxygen atoms in total. The molecule has 1 aliphatic rings. The molecule has 2 aromatic carbocycles. The molecule has 0 saturated heterocycles. The van der Waals surface area contributed by atoms with Crippen LogP contribution in [0.3, 0.4) is 0 Å². The third-order valence-electron chi connectivity index (χ3n) is 5.72. The van der Waals surface area contributed by atoms with Crippen LogP contribution < -0.4 is 10.2 Å². The smallest absolute Gasteiger partial charge is 0.271 e. The molecule has 1 amide bonds. The summed E-state index contributed by atoms with van der Waals surface area (Å²) in [7, 11) is 0. The Hall–Kier alpha value is -5.18. The van der Waals surface area contributed by atoms with Gasteiger partial charge in [-0.3, -0.25) is 4.79 Å². The van der Waals surface area contributed by atoms with E-state index in [2.05, 4.69) is 33.8 Å². The van der Waals surface area contributed by atoms with Crippen LogP contribution in [0.25, 0.3) is 20.8 Å². The molecule has 2 aromatic rings. The Morgan fingerprint density at radius 1 is 0.973 bits per heavy atom. The molecule has 0 aliphatic heterocycles. The number of nitrogens with zero attached hydrogens (tertiary/aromatic N) is 6. The average Bonchev–Trinajstić information content (AvgIpc) is 3.20. The van der Waals surface area contributed by atoms with Gasteiger partial charge in [0.1, 0.15) is 0 Å². The second-order valence-electron chi connectivity index (χ2n) is 8.27. The van der Waals surface area contributed by atoms with E-state index in [9.17, 15) is 15.3 Å². The summed E-state index contributed by atoms with van der Waals surface area (Å²) in [5.41, 5.74) is 3.17. The summed E-state index contributed by atoms with van der Waals surface area (Å²) in [6.45, 7) is 22.5. The first-order valence-corrected chi connectivity index (χ1v) is 11.8. The first-order valence-electron chi connectivity index (χ1n) is 11.8. The van der Waals surface area contributed by atoms with Gasteiger partial charge in [0, 0.05) is 36.8 Å². The number of carbonyl (C=O) groups is 1. The highest BCUT2D eigenvalue weighted by Crippen LogP contribution is 2.44. The van der Waals surface area contributed by atoms with E-state index in [1.54, 1.807) is 30.3 Å². The molecule has 0 bridgehead atoms. The lowest BCUT2D eigenvalue weighted by molar-refractivity contribution is -0.114. The maximum Gasteiger partial charge on any atom is 0.271 e. The predicted molar refractivity (Wildman–Crippen MR) is 145 cm³/mol. The van der Waals surface area contributed by atoms with Crippen LogP contribution >= 0.6 is 0 Å². The van der Waals surface area contributed by atoms with E-state index >= 15 is 0 Å². The van der Waals surface area contributed by atoms with Crippen molar-refractivity contribution in [2.45, 2.75) is 33.6 Å². The molecule has 0 spiro atoms. The number of rotatable bonds is 7. The van der Waals surface area contributed by atoms with Crippen LogP contribution in [-0.4, -0.2) is 24.7 Å². The fourth-order valence-corrected chi connectivity index (χ4v) is 4.30. The minimum atomic E-state index is -0.282. The molecular formula is C29H25N7O. The molecule has 0 radical (unpaired) electrons. The quantitative estimate of drug-likeness (QED) is 0.362. The number of carbonyl (C=O) groups excluding carboxylic acids is 1. The highest BCUT2D eigenvalue weighted by Gasteiger charge is 2.33. The molecule has 1 N–H and O–H groups in total.